The van der Waals surface area contributed by atoms with Crippen LogP contribution in [0.1, 0.15) is 0 Å². The molecule has 0 amide bonds. The molecule has 2 saturated heterocycles. The van der Waals surface area contributed by atoms with Crippen molar-refractivity contribution in [2.75, 3.05) is 31.1 Å². The molecule has 2 aromatic heterocycles. The van der Waals surface area contributed by atoms with Gasteiger partial charge in [-0.3, -0.25) is 0 Å². The molecule has 4 heterocycles. The minimum absolute atomic E-state index is 0.769. The molecular formula is C22H21F6N5O4. The van der Waals surface area contributed by atoms with E-state index in [4.69, 9.17) is 19.8 Å². The number of nitrogens with zero attached hydrogens (tertiary/aromatic N) is 3. The maximum absolute atomic E-state index is 10.6. The fourth-order valence-electron chi connectivity index (χ4n) is 3.96. The van der Waals surface area contributed by atoms with Crippen molar-refractivity contribution in [3.8, 4) is 11.3 Å². The Morgan fingerprint density at radius 3 is 1.89 bits per heavy atom. The number of hydrogen-bond acceptors (Lipinski definition) is 6. The Balaban J connectivity index is 0.000000227. The number of carboxylic acids is 2. The quantitative estimate of drug-likeness (QED) is 0.368. The SMILES string of the molecule is O=C(O)C(F)(F)F.O=C(O)C(F)(F)F.c1ccc2c(-c3ccc(N4CC5CNCC5C4)nn3)c[nH]c2c1. The summed E-state index contributed by atoms with van der Waals surface area (Å²) in [4.78, 5) is 23.5. The number of alkyl halides is 6. The zero-order valence-electron chi connectivity index (χ0n) is 18.8. The van der Waals surface area contributed by atoms with Crippen LogP contribution in [0.25, 0.3) is 22.2 Å². The third kappa shape index (κ3) is 7.09. The smallest absolute Gasteiger partial charge is 0.475 e. The minimum atomic E-state index is -5.08. The summed E-state index contributed by atoms with van der Waals surface area (Å²) in [5.74, 6) is -2.97. The Kier molecular flexibility index (Phi) is 8.25. The van der Waals surface area contributed by atoms with Gasteiger partial charge in [-0.05, 0) is 30.0 Å². The lowest BCUT2D eigenvalue weighted by atomic mass is 10.0. The highest BCUT2D eigenvalue weighted by atomic mass is 19.4. The second-order valence-electron chi connectivity index (χ2n) is 8.21. The van der Waals surface area contributed by atoms with E-state index in [1.54, 1.807) is 0 Å². The van der Waals surface area contributed by atoms with Gasteiger partial charge in [0.1, 0.15) is 0 Å². The van der Waals surface area contributed by atoms with Crippen molar-refractivity contribution in [3.05, 3.63) is 42.6 Å². The van der Waals surface area contributed by atoms with E-state index in [9.17, 15) is 26.3 Å². The van der Waals surface area contributed by atoms with Gasteiger partial charge in [0.25, 0.3) is 0 Å². The summed E-state index contributed by atoms with van der Waals surface area (Å²) in [5, 5.41) is 27.9. The van der Waals surface area contributed by atoms with Crippen LogP contribution in [0.5, 0.6) is 0 Å². The highest BCUT2D eigenvalue weighted by molar-refractivity contribution is 5.94. The number of aliphatic carboxylic acids is 2. The van der Waals surface area contributed by atoms with E-state index in [1.807, 2.05) is 12.3 Å². The molecule has 0 bridgehead atoms. The monoisotopic (exact) mass is 533 g/mol. The second-order valence-corrected chi connectivity index (χ2v) is 8.21. The molecule has 2 aliphatic rings. The highest BCUT2D eigenvalue weighted by Crippen LogP contribution is 2.31. The molecule has 3 aromatic rings. The van der Waals surface area contributed by atoms with Gasteiger partial charge in [0.2, 0.25) is 0 Å². The second kappa shape index (κ2) is 11.0. The van der Waals surface area contributed by atoms with Crippen LogP contribution < -0.4 is 10.2 Å². The number of halogens is 6. The number of fused-ring (bicyclic) bond motifs is 2. The van der Waals surface area contributed by atoms with E-state index in [0.29, 0.717) is 0 Å². The van der Waals surface area contributed by atoms with Gasteiger partial charge >= 0.3 is 24.3 Å². The van der Waals surface area contributed by atoms with Gasteiger partial charge in [-0.1, -0.05) is 18.2 Å². The molecule has 2 fully saturated rings. The van der Waals surface area contributed by atoms with Crippen molar-refractivity contribution < 1.29 is 46.1 Å². The molecule has 1 aromatic carbocycles. The Labute approximate surface area is 205 Å². The first-order valence-electron chi connectivity index (χ1n) is 10.7. The van der Waals surface area contributed by atoms with Crippen molar-refractivity contribution in [2.24, 2.45) is 11.8 Å². The van der Waals surface area contributed by atoms with E-state index in [2.05, 4.69) is 55.7 Å². The summed E-state index contributed by atoms with van der Waals surface area (Å²) < 4.78 is 63.5. The molecule has 2 unspecified atom stereocenters. The first-order chi connectivity index (χ1) is 17.3. The average molecular weight is 533 g/mol. The van der Waals surface area contributed by atoms with Crippen molar-refractivity contribution in [1.82, 2.24) is 20.5 Å². The van der Waals surface area contributed by atoms with Gasteiger partial charge in [-0.2, -0.15) is 26.3 Å². The van der Waals surface area contributed by atoms with E-state index in [1.165, 1.54) is 5.39 Å². The van der Waals surface area contributed by atoms with Gasteiger partial charge in [0.15, 0.2) is 5.82 Å². The molecule has 9 nitrogen and oxygen atoms in total. The fraction of sp³-hybridized carbons (Fsp3) is 0.364. The predicted octanol–water partition coefficient (Wildman–Crippen LogP) is 3.55. The zero-order valence-corrected chi connectivity index (χ0v) is 18.8. The summed E-state index contributed by atoms with van der Waals surface area (Å²) in [6.07, 6.45) is -8.15. The van der Waals surface area contributed by atoms with Crippen molar-refractivity contribution >= 4 is 28.7 Å². The fourth-order valence-corrected chi connectivity index (χ4v) is 3.96. The molecule has 37 heavy (non-hydrogen) atoms. The minimum Gasteiger partial charge on any atom is -0.475 e. The molecule has 0 aliphatic carbocycles. The zero-order chi connectivity index (χ0) is 27.4. The number of H-pyrrole nitrogens is 1. The van der Waals surface area contributed by atoms with Crippen molar-refractivity contribution in [3.63, 3.8) is 0 Å². The van der Waals surface area contributed by atoms with Crippen LogP contribution in [0, 0.1) is 11.8 Å². The van der Waals surface area contributed by atoms with E-state index in [-0.39, 0.29) is 0 Å². The number of hydrogen-bond donors (Lipinski definition) is 4. The molecule has 2 aliphatic heterocycles. The third-order valence-corrected chi connectivity index (χ3v) is 5.71. The van der Waals surface area contributed by atoms with Crippen LogP contribution >= 0.6 is 0 Å². The standard InChI is InChI=1S/C18H19N5.2C2HF3O2/c1-2-4-16-14(3-1)15(9-20-16)17-5-6-18(22-21-17)23-10-12-7-19-8-13(12)11-23;2*3-2(4,5)1(6)7/h1-6,9,12-13,19-20H,7-8,10-11H2;2*(H,6,7). The van der Waals surface area contributed by atoms with Crippen molar-refractivity contribution in [2.45, 2.75) is 12.4 Å². The van der Waals surface area contributed by atoms with Crippen LogP contribution in [-0.2, 0) is 9.59 Å². The summed E-state index contributed by atoms with van der Waals surface area (Å²) >= 11 is 0. The number of para-hydroxylation sites is 1. The molecule has 15 heteroatoms. The summed E-state index contributed by atoms with van der Waals surface area (Å²) in [5.41, 5.74) is 3.17. The van der Waals surface area contributed by atoms with Crippen molar-refractivity contribution in [1.29, 1.82) is 0 Å². The largest absolute Gasteiger partial charge is 0.490 e. The number of anilines is 1. The van der Waals surface area contributed by atoms with Crippen LogP contribution in [0.15, 0.2) is 42.6 Å². The maximum Gasteiger partial charge on any atom is 0.490 e. The molecule has 200 valence electrons. The highest BCUT2D eigenvalue weighted by Gasteiger charge is 2.39. The Morgan fingerprint density at radius 1 is 0.865 bits per heavy atom. The lowest BCUT2D eigenvalue weighted by molar-refractivity contribution is -0.193. The van der Waals surface area contributed by atoms with E-state index >= 15 is 0 Å². The van der Waals surface area contributed by atoms with Crippen LogP contribution in [0.3, 0.4) is 0 Å². The molecule has 0 radical (unpaired) electrons. The average Bonchev–Trinajstić information content (AvgIpc) is 3.54. The Bertz CT molecular complexity index is 1190. The normalized spacial score (nSPS) is 18.9. The predicted molar refractivity (Wildman–Crippen MR) is 119 cm³/mol. The summed E-state index contributed by atoms with van der Waals surface area (Å²) in [6.45, 7) is 4.47. The van der Waals surface area contributed by atoms with E-state index in [0.717, 1.165) is 60.6 Å². The number of carbonyl (C=O) groups is 2. The van der Waals surface area contributed by atoms with E-state index < -0.39 is 24.3 Å². The van der Waals surface area contributed by atoms with Gasteiger partial charge in [-0.25, -0.2) is 9.59 Å². The number of carboxylic acid groups (broad SMARTS) is 2. The molecule has 0 spiro atoms. The third-order valence-electron chi connectivity index (χ3n) is 5.71. The van der Waals surface area contributed by atoms with Crippen LogP contribution in [-0.4, -0.2) is 75.9 Å². The Morgan fingerprint density at radius 2 is 1.41 bits per heavy atom. The number of aromatic nitrogens is 3. The van der Waals surface area contributed by atoms with Crippen LogP contribution in [0.2, 0.25) is 0 Å². The number of nitrogens with one attached hydrogen (secondary N) is 2. The molecule has 5 rings (SSSR count). The van der Waals surface area contributed by atoms with Gasteiger partial charge < -0.3 is 25.4 Å². The number of aromatic amines is 1. The Hall–Kier alpha value is -3.88. The molecule has 4 N–H and O–H groups in total. The number of rotatable bonds is 2. The summed E-state index contributed by atoms with van der Waals surface area (Å²) in [6, 6.07) is 12.5. The lowest BCUT2D eigenvalue weighted by Crippen LogP contribution is -2.26. The van der Waals surface area contributed by atoms with Crippen LogP contribution in [0.4, 0.5) is 32.2 Å². The van der Waals surface area contributed by atoms with Gasteiger partial charge in [-0.15, -0.1) is 10.2 Å². The molecule has 0 saturated carbocycles. The summed E-state index contributed by atoms with van der Waals surface area (Å²) in [7, 11) is 0. The van der Waals surface area contributed by atoms with Gasteiger partial charge in [0.05, 0.1) is 5.69 Å². The first-order valence-corrected chi connectivity index (χ1v) is 10.7. The lowest BCUT2D eigenvalue weighted by Gasteiger charge is -2.17. The topological polar surface area (TPSA) is 131 Å². The maximum atomic E-state index is 10.6. The first kappa shape index (κ1) is 27.7. The molecular weight excluding hydrogens is 512 g/mol. The molecule has 2 atom stereocenters. The number of benzene rings is 1. The van der Waals surface area contributed by atoms with Gasteiger partial charge in [0, 0.05) is 48.8 Å².